The van der Waals surface area contributed by atoms with Crippen molar-refractivity contribution < 1.29 is 0 Å². The zero-order valence-corrected chi connectivity index (χ0v) is 11.7. The van der Waals surface area contributed by atoms with Gasteiger partial charge in [0.05, 0.1) is 6.07 Å². The predicted octanol–water partition coefficient (Wildman–Crippen LogP) is 3.42. The highest BCUT2D eigenvalue weighted by Gasteiger charge is 2.19. The molecule has 2 nitrogen and oxygen atoms in total. The van der Waals surface area contributed by atoms with Crippen molar-refractivity contribution >= 4 is 0 Å². The summed E-state index contributed by atoms with van der Waals surface area (Å²) < 4.78 is 0. The van der Waals surface area contributed by atoms with Gasteiger partial charge in [-0.3, -0.25) is 4.90 Å². The van der Waals surface area contributed by atoms with Gasteiger partial charge in [-0.1, -0.05) is 39.0 Å². The van der Waals surface area contributed by atoms with E-state index >= 15 is 0 Å². The number of nitriles is 1. The minimum Gasteiger partial charge on any atom is -0.291 e. The van der Waals surface area contributed by atoms with Gasteiger partial charge in [-0.15, -0.1) is 0 Å². The summed E-state index contributed by atoms with van der Waals surface area (Å²) in [7, 11) is 3.88. The van der Waals surface area contributed by atoms with Gasteiger partial charge in [0.15, 0.2) is 0 Å². The highest BCUT2D eigenvalue weighted by Crippen LogP contribution is 2.28. The molecule has 0 bridgehead atoms. The van der Waals surface area contributed by atoms with Crippen LogP contribution in [-0.2, 0) is 5.41 Å². The Balaban J connectivity index is 3.29. The fraction of sp³-hybridized carbons (Fsp3) is 0.533. The van der Waals surface area contributed by atoms with E-state index in [0.717, 1.165) is 5.56 Å². The summed E-state index contributed by atoms with van der Waals surface area (Å²) in [6.07, 6.45) is 0. The van der Waals surface area contributed by atoms with Crippen molar-refractivity contribution in [1.82, 2.24) is 4.90 Å². The van der Waals surface area contributed by atoms with Crippen LogP contribution in [0, 0.1) is 18.3 Å². The predicted molar refractivity (Wildman–Crippen MR) is 71.9 cm³/mol. The Morgan fingerprint density at radius 2 is 1.82 bits per heavy atom. The maximum absolute atomic E-state index is 9.28. The van der Waals surface area contributed by atoms with E-state index in [-0.39, 0.29) is 11.5 Å². The third-order valence-corrected chi connectivity index (χ3v) is 3.08. The molecule has 1 aromatic carbocycles. The third kappa shape index (κ3) is 3.08. The third-order valence-electron chi connectivity index (χ3n) is 3.08. The summed E-state index contributed by atoms with van der Waals surface area (Å²) in [6.45, 7) is 8.64. The second-order valence-electron chi connectivity index (χ2n) is 5.82. The molecule has 0 aliphatic carbocycles. The zero-order valence-electron chi connectivity index (χ0n) is 11.7. The Hall–Kier alpha value is -1.33. The van der Waals surface area contributed by atoms with Gasteiger partial charge in [-0.05, 0) is 43.1 Å². The van der Waals surface area contributed by atoms with Crippen molar-refractivity contribution in [3.05, 3.63) is 34.9 Å². The molecule has 2 heteroatoms. The fourth-order valence-electron chi connectivity index (χ4n) is 1.86. The quantitative estimate of drug-likeness (QED) is 0.778. The lowest BCUT2D eigenvalue weighted by Crippen LogP contribution is -2.20. The molecule has 0 fully saturated rings. The Morgan fingerprint density at radius 1 is 1.24 bits per heavy atom. The summed E-state index contributed by atoms with van der Waals surface area (Å²) in [4.78, 5) is 1.95. The second kappa shape index (κ2) is 4.89. The number of nitrogens with zero attached hydrogens (tertiary/aromatic N) is 2. The van der Waals surface area contributed by atoms with Crippen LogP contribution in [0.5, 0.6) is 0 Å². The van der Waals surface area contributed by atoms with Crippen molar-refractivity contribution in [1.29, 1.82) is 5.26 Å². The minimum atomic E-state index is -0.169. The van der Waals surface area contributed by atoms with Gasteiger partial charge in [0.25, 0.3) is 0 Å². The summed E-state index contributed by atoms with van der Waals surface area (Å²) in [5, 5.41) is 9.28. The van der Waals surface area contributed by atoms with Crippen LogP contribution in [-0.4, -0.2) is 19.0 Å². The van der Waals surface area contributed by atoms with Crippen LogP contribution in [0.25, 0.3) is 0 Å². The normalized spacial score (nSPS) is 13.5. The number of aryl methyl sites for hydroxylation is 1. The van der Waals surface area contributed by atoms with Crippen LogP contribution in [0.15, 0.2) is 18.2 Å². The van der Waals surface area contributed by atoms with Crippen LogP contribution in [0.2, 0.25) is 0 Å². The van der Waals surface area contributed by atoms with Gasteiger partial charge < -0.3 is 0 Å². The summed E-state index contributed by atoms with van der Waals surface area (Å²) in [5.74, 6) is 0. The van der Waals surface area contributed by atoms with E-state index in [4.69, 9.17) is 0 Å². The van der Waals surface area contributed by atoms with Gasteiger partial charge in [0.1, 0.15) is 6.04 Å². The van der Waals surface area contributed by atoms with E-state index in [0.29, 0.717) is 0 Å². The Labute approximate surface area is 105 Å². The number of hydrogen-bond acceptors (Lipinski definition) is 2. The standard InChI is InChI=1S/C15H22N2/c1-11-7-8-12(15(2,3)4)9-13(11)14(10-16)17(5)6/h7-9,14H,1-6H3. The smallest absolute Gasteiger partial charge is 0.123 e. The largest absolute Gasteiger partial charge is 0.291 e. The molecule has 92 valence electrons. The molecule has 0 radical (unpaired) electrons. The van der Waals surface area contributed by atoms with Gasteiger partial charge in [0, 0.05) is 0 Å². The van der Waals surface area contributed by atoms with Crippen LogP contribution in [0.4, 0.5) is 0 Å². The first-order chi connectivity index (χ1) is 7.77. The number of rotatable bonds is 2. The van der Waals surface area contributed by atoms with Gasteiger partial charge in [-0.2, -0.15) is 5.26 Å². The van der Waals surface area contributed by atoms with E-state index in [1.165, 1.54) is 11.1 Å². The molecule has 0 aliphatic heterocycles. The lowest BCUT2D eigenvalue weighted by atomic mass is 9.84. The monoisotopic (exact) mass is 230 g/mol. The minimum absolute atomic E-state index is 0.120. The highest BCUT2D eigenvalue weighted by molar-refractivity contribution is 5.38. The van der Waals surface area contributed by atoms with E-state index in [1.54, 1.807) is 0 Å². The molecular formula is C15H22N2. The van der Waals surface area contributed by atoms with Gasteiger partial charge >= 0.3 is 0 Å². The van der Waals surface area contributed by atoms with Gasteiger partial charge in [-0.25, -0.2) is 0 Å². The first kappa shape index (κ1) is 13.7. The molecule has 0 heterocycles. The lowest BCUT2D eigenvalue weighted by Gasteiger charge is -2.24. The van der Waals surface area contributed by atoms with Crippen LogP contribution < -0.4 is 0 Å². The van der Waals surface area contributed by atoms with Crippen LogP contribution in [0.1, 0.15) is 43.5 Å². The SMILES string of the molecule is Cc1ccc(C(C)(C)C)cc1C(C#N)N(C)C. The molecule has 0 N–H and O–H groups in total. The summed E-state index contributed by atoms with van der Waals surface area (Å²) >= 11 is 0. The molecule has 1 atom stereocenters. The fourth-order valence-corrected chi connectivity index (χ4v) is 1.86. The van der Waals surface area contributed by atoms with Crippen molar-refractivity contribution in [2.75, 3.05) is 14.1 Å². The van der Waals surface area contributed by atoms with E-state index < -0.39 is 0 Å². The molecule has 0 spiro atoms. The van der Waals surface area contributed by atoms with Crippen molar-refractivity contribution in [2.24, 2.45) is 0 Å². The molecule has 17 heavy (non-hydrogen) atoms. The van der Waals surface area contributed by atoms with E-state index in [9.17, 15) is 5.26 Å². The average Bonchev–Trinajstić information content (AvgIpc) is 2.19. The first-order valence-corrected chi connectivity index (χ1v) is 5.94. The maximum atomic E-state index is 9.28. The Kier molecular flexibility index (Phi) is 3.95. The molecular weight excluding hydrogens is 208 g/mol. The average molecular weight is 230 g/mol. The summed E-state index contributed by atoms with van der Waals surface area (Å²) in [5.41, 5.74) is 3.69. The molecule has 0 aromatic heterocycles. The molecule has 0 saturated carbocycles. The maximum Gasteiger partial charge on any atom is 0.123 e. The zero-order chi connectivity index (χ0) is 13.2. The van der Waals surface area contributed by atoms with E-state index in [1.807, 2.05) is 19.0 Å². The van der Waals surface area contributed by atoms with Gasteiger partial charge in [0.2, 0.25) is 0 Å². The van der Waals surface area contributed by atoms with Crippen molar-refractivity contribution in [3.63, 3.8) is 0 Å². The molecule has 1 aromatic rings. The molecule has 1 rings (SSSR count). The molecule has 0 amide bonds. The van der Waals surface area contributed by atoms with Crippen molar-refractivity contribution in [3.8, 4) is 6.07 Å². The second-order valence-corrected chi connectivity index (χ2v) is 5.82. The first-order valence-electron chi connectivity index (χ1n) is 5.94. The topological polar surface area (TPSA) is 27.0 Å². The molecule has 1 unspecified atom stereocenters. The Morgan fingerprint density at radius 3 is 2.24 bits per heavy atom. The van der Waals surface area contributed by atoms with Crippen LogP contribution >= 0.6 is 0 Å². The summed E-state index contributed by atoms with van der Waals surface area (Å²) in [6, 6.07) is 8.63. The lowest BCUT2D eigenvalue weighted by molar-refractivity contribution is 0.357. The Bertz CT molecular complexity index is 433. The van der Waals surface area contributed by atoms with Crippen molar-refractivity contribution in [2.45, 2.75) is 39.2 Å². The molecule has 0 saturated heterocycles. The molecule has 0 aliphatic rings. The van der Waals surface area contributed by atoms with E-state index in [2.05, 4.69) is 52.0 Å². The number of benzene rings is 1. The number of hydrogen-bond donors (Lipinski definition) is 0. The highest BCUT2D eigenvalue weighted by atomic mass is 15.1. The van der Waals surface area contributed by atoms with Crippen LogP contribution in [0.3, 0.4) is 0 Å².